The van der Waals surface area contributed by atoms with E-state index in [9.17, 15) is 22.0 Å². The first-order valence-corrected chi connectivity index (χ1v) is 5.97. The van der Waals surface area contributed by atoms with Gasteiger partial charge >= 0.3 is 6.18 Å². The van der Waals surface area contributed by atoms with Gasteiger partial charge in [0.1, 0.15) is 0 Å². The molecule has 0 radical (unpaired) electrons. The predicted octanol–water partition coefficient (Wildman–Crippen LogP) is 2.61. The largest absolute Gasteiger partial charge is 0.472 e. The molecule has 1 saturated heterocycles. The van der Waals surface area contributed by atoms with E-state index in [0.717, 1.165) is 12.1 Å². The average molecular weight is 296 g/mol. The van der Waals surface area contributed by atoms with Crippen LogP contribution in [0, 0.1) is 11.6 Å². The molecule has 1 aromatic rings. The van der Waals surface area contributed by atoms with Crippen molar-refractivity contribution in [3.63, 3.8) is 0 Å². The van der Waals surface area contributed by atoms with Crippen molar-refractivity contribution in [2.45, 2.75) is 24.6 Å². The lowest BCUT2D eigenvalue weighted by Crippen LogP contribution is -2.56. The van der Waals surface area contributed by atoms with Crippen LogP contribution >= 0.6 is 0 Å². The van der Waals surface area contributed by atoms with Crippen LogP contribution in [0.1, 0.15) is 12.8 Å². The van der Waals surface area contributed by atoms with E-state index in [1.807, 2.05) is 0 Å². The Hall–Kier alpha value is -1.57. The van der Waals surface area contributed by atoms with Crippen LogP contribution in [0.4, 0.5) is 27.6 Å². The van der Waals surface area contributed by atoms with E-state index in [1.54, 1.807) is 0 Å². The summed E-state index contributed by atoms with van der Waals surface area (Å²) in [5.41, 5.74) is 2.47. The van der Waals surface area contributed by atoms with Crippen molar-refractivity contribution >= 4 is 5.69 Å². The fourth-order valence-electron chi connectivity index (χ4n) is 2.12. The number of rotatable bonds is 2. The van der Waals surface area contributed by atoms with Gasteiger partial charge in [0.2, 0.25) is 11.4 Å². The van der Waals surface area contributed by atoms with Crippen LogP contribution in [0.2, 0.25) is 0 Å². The summed E-state index contributed by atoms with van der Waals surface area (Å²) >= 11 is 0. The maximum atomic E-state index is 13.6. The molecule has 0 saturated carbocycles. The van der Waals surface area contributed by atoms with Crippen molar-refractivity contribution < 1.29 is 26.7 Å². The number of piperidine rings is 1. The van der Waals surface area contributed by atoms with Gasteiger partial charge in [0, 0.05) is 12.8 Å². The molecule has 1 heterocycles. The molecule has 8 heteroatoms. The summed E-state index contributed by atoms with van der Waals surface area (Å²) in [5, 5.41) is 2.76. The van der Waals surface area contributed by atoms with Crippen molar-refractivity contribution in [3.8, 4) is 5.75 Å². The lowest BCUT2D eigenvalue weighted by molar-refractivity contribution is -0.256. The molecule has 0 spiro atoms. The number of nitrogens with one attached hydrogen (secondary N) is 1. The second-order valence-corrected chi connectivity index (χ2v) is 4.62. The number of nitrogen functional groups attached to an aromatic ring is 1. The molecule has 0 unspecified atom stereocenters. The zero-order valence-corrected chi connectivity index (χ0v) is 10.4. The minimum absolute atomic E-state index is 0.0658. The summed E-state index contributed by atoms with van der Waals surface area (Å²) in [6.45, 7) is 0.132. The predicted molar refractivity (Wildman–Crippen MR) is 62.3 cm³/mol. The SMILES string of the molecule is Nc1ccc(F)c(F)c1OC1(C(F)(F)F)CCNCC1. The molecule has 0 amide bonds. The minimum Gasteiger partial charge on any atom is -0.472 e. The van der Waals surface area contributed by atoms with Crippen LogP contribution in [0.3, 0.4) is 0 Å². The number of alkyl halides is 3. The van der Waals surface area contributed by atoms with Crippen molar-refractivity contribution in [2.24, 2.45) is 0 Å². The molecule has 1 aliphatic rings. The first-order valence-electron chi connectivity index (χ1n) is 5.97. The molecule has 3 nitrogen and oxygen atoms in total. The van der Waals surface area contributed by atoms with Gasteiger partial charge in [0.05, 0.1) is 5.69 Å². The minimum atomic E-state index is -4.71. The maximum Gasteiger partial charge on any atom is 0.428 e. The highest BCUT2D eigenvalue weighted by atomic mass is 19.4. The zero-order chi connectivity index (χ0) is 15.0. The number of anilines is 1. The molecular weight excluding hydrogens is 283 g/mol. The zero-order valence-electron chi connectivity index (χ0n) is 10.4. The monoisotopic (exact) mass is 296 g/mol. The van der Waals surface area contributed by atoms with Crippen LogP contribution in [0.25, 0.3) is 0 Å². The fourth-order valence-corrected chi connectivity index (χ4v) is 2.12. The lowest BCUT2D eigenvalue weighted by atomic mass is 9.91. The molecule has 3 N–H and O–H groups in total. The van der Waals surface area contributed by atoms with Crippen molar-refractivity contribution in [2.75, 3.05) is 18.8 Å². The number of nitrogens with two attached hydrogens (primary N) is 1. The van der Waals surface area contributed by atoms with Gasteiger partial charge in [0.15, 0.2) is 11.6 Å². The first kappa shape index (κ1) is 14.8. The number of benzene rings is 1. The molecular formula is C12H13F5N2O. The molecule has 2 rings (SSSR count). The Balaban J connectivity index is 2.41. The van der Waals surface area contributed by atoms with Crippen LogP contribution < -0.4 is 15.8 Å². The van der Waals surface area contributed by atoms with Gasteiger partial charge in [-0.1, -0.05) is 0 Å². The summed E-state index contributed by atoms with van der Waals surface area (Å²) in [5.74, 6) is -3.70. The van der Waals surface area contributed by atoms with Gasteiger partial charge in [-0.15, -0.1) is 0 Å². The fraction of sp³-hybridized carbons (Fsp3) is 0.500. The van der Waals surface area contributed by atoms with Gasteiger partial charge < -0.3 is 15.8 Å². The third-order valence-electron chi connectivity index (χ3n) is 3.31. The van der Waals surface area contributed by atoms with E-state index < -0.39 is 42.0 Å². The summed E-state index contributed by atoms with van der Waals surface area (Å²) in [4.78, 5) is 0. The lowest BCUT2D eigenvalue weighted by Gasteiger charge is -2.39. The highest BCUT2D eigenvalue weighted by molar-refractivity contribution is 5.53. The van der Waals surface area contributed by atoms with Gasteiger partial charge in [-0.2, -0.15) is 17.6 Å². The van der Waals surface area contributed by atoms with Crippen LogP contribution in [-0.4, -0.2) is 24.9 Å². The van der Waals surface area contributed by atoms with E-state index in [0.29, 0.717) is 0 Å². The molecule has 1 aromatic carbocycles. The number of hydrogen-bond acceptors (Lipinski definition) is 3. The van der Waals surface area contributed by atoms with E-state index in [-0.39, 0.29) is 18.8 Å². The Labute approximate surface area is 111 Å². The summed E-state index contributed by atoms with van der Waals surface area (Å²) in [6, 6.07) is 1.71. The topological polar surface area (TPSA) is 47.3 Å². The molecule has 1 fully saturated rings. The number of halogens is 5. The summed E-state index contributed by atoms with van der Waals surface area (Å²) < 4.78 is 71.3. The van der Waals surface area contributed by atoms with Gasteiger partial charge in [-0.05, 0) is 25.2 Å². The number of ether oxygens (including phenoxy) is 1. The van der Waals surface area contributed by atoms with E-state index in [1.165, 1.54) is 0 Å². The summed E-state index contributed by atoms with van der Waals surface area (Å²) in [6.07, 6.45) is -5.50. The van der Waals surface area contributed by atoms with E-state index >= 15 is 0 Å². The third kappa shape index (κ3) is 2.52. The second kappa shape index (κ2) is 5.08. The van der Waals surface area contributed by atoms with Crippen molar-refractivity contribution in [3.05, 3.63) is 23.8 Å². The number of hydrogen-bond donors (Lipinski definition) is 2. The Morgan fingerprint density at radius 2 is 1.75 bits per heavy atom. The normalized spacial score (nSPS) is 18.9. The molecule has 112 valence electrons. The van der Waals surface area contributed by atoms with Gasteiger partial charge in [-0.3, -0.25) is 0 Å². The Morgan fingerprint density at radius 1 is 1.15 bits per heavy atom. The Kier molecular flexibility index (Phi) is 3.77. The Morgan fingerprint density at radius 3 is 2.30 bits per heavy atom. The van der Waals surface area contributed by atoms with Gasteiger partial charge in [0.25, 0.3) is 0 Å². The second-order valence-electron chi connectivity index (χ2n) is 4.62. The van der Waals surface area contributed by atoms with Crippen molar-refractivity contribution in [1.29, 1.82) is 0 Å². The quantitative estimate of drug-likeness (QED) is 0.651. The molecule has 0 aliphatic carbocycles. The molecule has 20 heavy (non-hydrogen) atoms. The average Bonchev–Trinajstić information content (AvgIpc) is 2.39. The first-order chi connectivity index (χ1) is 9.27. The van der Waals surface area contributed by atoms with Crippen LogP contribution in [0.15, 0.2) is 12.1 Å². The highest BCUT2D eigenvalue weighted by Crippen LogP contribution is 2.43. The highest BCUT2D eigenvalue weighted by Gasteiger charge is 2.57. The molecule has 1 aliphatic heterocycles. The molecule has 0 aromatic heterocycles. The Bertz CT molecular complexity index is 497. The van der Waals surface area contributed by atoms with Gasteiger partial charge in [-0.25, -0.2) is 4.39 Å². The third-order valence-corrected chi connectivity index (χ3v) is 3.31. The van der Waals surface area contributed by atoms with Crippen LogP contribution in [0.5, 0.6) is 5.75 Å². The standard InChI is InChI=1S/C12H13F5N2O/c13-7-1-2-8(18)10(9(7)14)20-11(12(15,16)17)3-5-19-6-4-11/h1-2,19H,3-6,18H2. The van der Waals surface area contributed by atoms with E-state index in [4.69, 9.17) is 10.5 Å². The van der Waals surface area contributed by atoms with Crippen LogP contribution in [-0.2, 0) is 0 Å². The maximum absolute atomic E-state index is 13.6. The summed E-state index contributed by atoms with van der Waals surface area (Å²) in [7, 11) is 0. The van der Waals surface area contributed by atoms with Crippen molar-refractivity contribution in [1.82, 2.24) is 5.32 Å². The molecule has 0 atom stereocenters. The smallest absolute Gasteiger partial charge is 0.428 e. The van der Waals surface area contributed by atoms with E-state index in [2.05, 4.69) is 5.32 Å². The molecule has 0 bridgehead atoms.